The number of alkyl carbamates (subject to hydrolysis) is 1. The molecule has 34 heavy (non-hydrogen) atoms. The van der Waals surface area contributed by atoms with E-state index in [4.69, 9.17) is 9.47 Å². The Morgan fingerprint density at radius 1 is 1.15 bits per heavy atom. The maximum absolute atomic E-state index is 13.3. The van der Waals surface area contributed by atoms with Crippen LogP contribution in [0.25, 0.3) is 0 Å². The number of benzene rings is 1. The number of esters is 1. The summed E-state index contributed by atoms with van der Waals surface area (Å²) >= 11 is 0. The zero-order chi connectivity index (χ0) is 25.3. The Bertz CT molecular complexity index is 878. The molecule has 1 saturated carbocycles. The Labute approximate surface area is 200 Å². The molecule has 0 aliphatic heterocycles. The maximum Gasteiger partial charge on any atom is 0.408 e. The SMILES string of the molecule is CCOC(=O)CCNC(=O)C(c1ccccc1O)N(C(=O)CNC(=O)OC(C)(C)C)C1CCC1. The lowest BCUT2D eigenvalue weighted by atomic mass is 9.88. The van der Waals surface area contributed by atoms with Crippen molar-refractivity contribution in [3.63, 3.8) is 0 Å². The van der Waals surface area contributed by atoms with Crippen LogP contribution in [0.4, 0.5) is 4.79 Å². The number of phenols is 1. The van der Waals surface area contributed by atoms with Gasteiger partial charge in [-0.05, 0) is 53.0 Å². The predicted molar refractivity (Wildman–Crippen MR) is 124 cm³/mol. The highest BCUT2D eigenvalue weighted by Gasteiger charge is 2.39. The number of carbonyl (C=O) groups is 4. The van der Waals surface area contributed by atoms with E-state index in [1.54, 1.807) is 45.9 Å². The summed E-state index contributed by atoms with van der Waals surface area (Å²) in [7, 11) is 0. The number of amides is 3. The monoisotopic (exact) mass is 477 g/mol. The summed E-state index contributed by atoms with van der Waals surface area (Å²) in [5.41, 5.74) is -0.466. The maximum atomic E-state index is 13.3. The zero-order valence-corrected chi connectivity index (χ0v) is 20.3. The van der Waals surface area contributed by atoms with Gasteiger partial charge in [0, 0.05) is 18.2 Å². The Balaban J connectivity index is 2.24. The number of para-hydroxylation sites is 1. The van der Waals surface area contributed by atoms with E-state index in [9.17, 15) is 24.3 Å². The van der Waals surface area contributed by atoms with Crippen molar-refractivity contribution in [2.75, 3.05) is 19.7 Å². The first-order valence-electron chi connectivity index (χ1n) is 11.5. The van der Waals surface area contributed by atoms with Gasteiger partial charge in [0.1, 0.15) is 23.9 Å². The van der Waals surface area contributed by atoms with Gasteiger partial charge in [0.05, 0.1) is 13.0 Å². The number of ether oxygens (including phenoxy) is 2. The molecule has 0 spiro atoms. The fraction of sp³-hybridized carbons (Fsp3) is 0.583. The van der Waals surface area contributed by atoms with E-state index in [1.807, 2.05) is 0 Å². The molecule has 2 rings (SSSR count). The largest absolute Gasteiger partial charge is 0.508 e. The van der Waals surface area contributed by atoms with E-state index < -0.39 is 35.5 Å². The number of phenolic OH excluding ortho intramolecular Hbond substituents is 1. The van der Waals surface area contributed by atoms with Gasteiger partial charge in [-0.3, -0.25) is 14.4 Å². The lowest BCUT2D eigenvalue weighted by molar-refractivity contribution is -0.146. The van der Waals surface area contributed by atoms with Gasteiger partial charge in [0.2, 0.25) is 11.8 Å². The summed E-state index contributed by atoms with van der Waals surface area (Å²) in [5.74, 6) is -1.60. The minimum absolute atomic E-state index is 0.0185. The lowest BCUT2D eigenvalue weighted by Crippen LogP contribution is -2.54. The Hall–Kier alpha value is -3.30. The van der Waals surface area contributed by atoms with E-state index in [0.717, 1.165) is 6.42 Å². The quantitative estimate of drug-likeness (QED) is 0.441. The third-order valence-corrected chi connectivity index (χ3v) is 5.23. The van der Waals surface area contributed by atoms with Crippen LogP contribution in [0.1, 0.15) is 65.0 Å². The van der Waals surface area contributed by atoms with Crippen molar-refractivity contribution in [3.05, 3.63) is 29.8 Å². The molecule has 1 aliphatic carbocycles. The van der Waals surface area contributed by atoms with Crippen molar-refractivity contribution < 1.29 is 33.8 Å². The second-order valence-electron chi connectivity index (χ2n) is 9.05. The van der Waals surface area contributed by atoms with Gasteiger partial charge in [0.25, 0.3) is 0 Å². The predicted octanol–water partition coefficient (Wildman–Crippen LogP) is 2.41. The van der Waals surface area contributed by atoms with E-state index >= 15 is 0 Å². The summed E-state index contributed by atoms with van der Waals surface area (Å²) in [5, 5.41) is 15.6. The van der Waals surface area contributed by atoms with E-state index in [1.165, 1.54) is 11.0 Å². The summed E-state index contributed by atoms with van der Waals surface area (Å²) in [4.78, 5) is 51.6. The van der Waals surface area contributed by atoms with Crippen LogP contribution >= 0.6 is 0 Å². The summed E-state index contributed by atoms with van der Waals surface area (Å²) in [6.07, 6.45) is 1.51. The molecule has 0 radical (unpaired) electrons. The van der Waals surface area contributed by atoms with Crippen molar-refractivity contribution in [3.8, 4) is 5.75 Å². The highest BCUT2D eigenvalue weighted by atomic mass is 16.6. The van der Waals surface area contributed by atoms with Gasteiger partial charge in [-0.15, -0.1) is 0 Å². The molecule has 1 fully saturated rings. The number of rotatable bonds is 10. The smallest absolute Gasteiger partial charge is 0.408 e. The van der Waals surface area contributed by atoms with Crippen LogP contribution in [0.5, 0.6) is 5.75 Å². The molecule has 1 unspecified atom stereocenters. The van der Waals surface area contributed by atoms with Crippen LogP contribution in [0.15, 0.2) is 24.3 Å². The molecule has 10 nitrogen and oxygen atoms in total. The zero-order valence-electron chi connectivity index (χ0n) is 20.3. The third-order valence-electron chi connectivity index (χ3n) is 5.23. The lowest BCUT2D eigenvalue weighted by Gasteiger charge is -2.42. The molecular formula is C24H35N3O7. The Morgan fingerprint density at radius 3 is 2.38 bits per heavy atom. The molecule has 3 amide bonds. The summed E-state index contributed by atoms with van der Waals surface area (Å²) in [6, 6.07) is 4.93. The van der Waals surface area contributed by atoms with Gasteiger partial charge in [0.15, 0.2) is 0 Å². The average molecular weight is 478 g/mol. The van der Waals surface area contributed by atoms with Crippen LogP contribution in [0.2, 0.25) is 0 Å². The molecule has 1 aromatic rings. The Morgan fingerprint density at radius 2 is 1.82 bits per heavy atom. The van der Waals surface area contributed by atoms with Crippen LogP contribution in [0.3, 0.4) is 0 Å². The second-order valence-corrected chi connectivity index (χ2v) is 9.05. The standard InChI is InChI=1S/C24H35N3O7/c1-5-33-20(30)13-14-25-22(31)21(17-11-6-7-12-18(17)28)27(16-9-8-10-16)19(29)15-26-23(32)34-24(2,3)4/h6-7,11-12,16,21,28H,5,8-10,13-15H2,1-4H3,(H,25,31)(H,26,32). The first-order chi connectivity index (χ1) is 16.0. The van der Waals surface area contributed by atoms with Gasteiger partial charge >= 0.3 is 12.1 Å². The molecular weight excluding hydrogens is 442 g/mol. The minimum Gasteiger partial charge on any atom is -0.508 e. The number of carbonyl (C=O) groups excluding carboxylic acids is 4. The van der Waals surface area contributed by atoms with Gasteiger partial charge < -0.3 is 30.1 Å². The fourth-order valence-electron chi connectivity index (χ4n) is 3.53. The van der Waals surface area contributed by atoms with Crippen molar-refractivity contribution in [1.29, 1.82) is 0 Å². The van der Waals surface area contributed by atoms with Crippen molar-refractivity contribution in [1.82, 2.24) is 15.5 Å². The molecule has 0 saturated heterocycles. The molecule has 0 bridgehead atoms. The van der Waals surface area contributed by atoms with Crippen LogP contribution in [-0.4, -0.2) is 65.2 Å². The molecule has 188 valence electrons. The molecule has 10 heteroatoms. The molecule has 1 atom stereocenters. The molecule has 1 aromatic carbocycles. The normalized spacial score (nSPS) is 14.4. The third kappa shape index (κ3) is 7.93. The molecule has 0 heterocycles. The number of nitrogens with zero attached hydrogens (tertiary/aromatic N) is 1. The Kier molecular flexibility index (Phi) is 9.70. The minimum atomic E-state index is -1.14. The van der Waals surface area contributed by atoms with Crippen molar-refractivity contribution >= 4 is 23.9 Å². The van der Waals surface area contributed by atoms with Crippen LogP contribution in [0, 0.1) is 0 Å². The first-order valence-corrected chi connectivity index (χ1v) is 11.5. The second kappa shape index (κ2) is 12.2. The number of aromatic hydroxyl groups is 1. The van der Waals surface area contributed by atoms with Crippen LogP contribution in [-0.2, 0) is 23.9 Å². The molecule has 0 aromatic heterocycles. The average Bonchev–Trinajstić information content (AvgIpc) is 2.70. The summed E-state index contributed by atoms with van der Waals surface area (Å²) in [6.45, 7) is 6.72. The highest BCUT2D eigenvalue weighted by Crippen LogP contribution is 2.36. The molecule has 3 N–H and O–H groups in total. The fourth-order valence-corrected chi connectivity index (χ4v) is 3.53. The number of nitrogens with one attached hydrogen (secondary N) is 2. The summed E-state index contributed by atoms with van der Waals surface area (Å²) < 4.78 is 10.1. The van der Waals surface area contributed by atoms with Crippen LogP contribution < -0.4 is 10.6 Å². The van der Waals surface area contributed by atoms with Gasteiger partial charge in [-0.1, -0.05) is 18.2 Å². The number of hydrogen-bond donors (Lipinski definition) is 3. The van der Waals surface area contributed by atoms with Crippen molar-refractivity contribution in [2.45, 2.75) is 71.1 Å². The van der Waals surface area contributed by atoms with Crippen molar-refractivity contribution in [2.24, 2.45) is 0 Å². The first kappa shape index (κ1) is 26.9. The van der Waals surface area contributed by atoms with E-state index in [0.29, 0.717) is 12.8 Å². The topological polar surface area (TPSA) is 134 Å². The number of hydrogen-bond acceptors (Lipinski definition) is 7. The highest BCUT2D eigenvalue weighted by molar-refractivity contribution is 5.91. The van der Waals surface area contributed by atoms with Gasteiger partial charge in [-0.2, -0.15) is 0 Å². The van der Waals surface area contributed by atoms with Gasteiger partial charge in [-0.25, -0.2) is 4.79 Å². The molecule has 1 aliphatic rings. The van der Waals surface area contributed by atoms with E-state index in [-0.39, 0.29) is 43.5 Å². The van der Waals surface area contributed by atoms with E-state index in [2.05, 4.69) is 10.6 Å².